The number of ether oxygens (including phenoxy) is 2. The zero-order chi connectivity index (χ0) is 13.2. The highest BCUT2D eigenvalue weighted by molar-refractivity contribution is 6.28. The summed E-state index contributed by atoms with van der Waals surface area (Å²) < 4.78 is 16.7. The van der Waals surface area contributed by atoms with Gasteiger partial charge >= 0.3 is 0 Å². The fraction of sp³-hybridized carbons (Fsp3) is 0.429. The van der Waals surface area contributed by atoms with Gasteiger partial charge in [0, 0.05) is 19.3 Å². The molecule has 0 spiro atoms. The zero-order valence-corrected chi connectivity index (χ0v) is 12.6. The van der Waals surface area contributed by atoms with Gasteiger partial charge in [-0.2, -0.15) is 0 Å². The molecule has 0 saturated carbocycles. The van der Waals surface area contributed by atoms with Crippen LogP contribution in [0.2, 0.25) is 6.04 Å². The average Bonchev–Trinajstić information content (AvgIpc) is 2.40. The van der Waals surface area contributed by atoms with Crippen LogP contribution in [-0.4, -0.2) is 29.3 Å². The van der Waals surface area contributed by atoms with E-state index >= 15 is 0 Å². The van der Waals surface area contributed by atoms with Crippen molar-refractivity contribution in [1.82, 2.24) is 0 Å². The number of benzene rings is 1. The molecule has 0 fully saturated rings. The Morgan fingerprint density at radius 3 is 2.28 bits per heavy atom. The highest BCUT2D eigenvalue weighted by Gasteiger charge is 2.08. The van der Waals surface area contributed by atoms with Crippen LogP contribution in [0.4, 0.5) is 0 Å². The second kappa shape index (κ2) is 8.91. The van der Waals surface area contributed by atoms with Gasteiger partial charge in [-0.1, -0.05) is 24.8 Å². The Hall–Kier alpha value is -1.10. The molecule has 0 aliphatic carbocycles. The first-order chi connectivity index (χ1) is 8.80. The van der Waals surface area contributed by atoms with Crippen LogP contribution in [0.5, 0.6) is 5.75 Å². The molecule has 1 aromatic carbocycles. The summed E-state index contributed by atoms with van der Waals surface area (Å²) in [5.74, 6) is 0.916. The molecule has 3 nitrogen and oxygen atoms in total. The predicted octanol–water partition coefficient (Wildman–Crippen LogP) is 2.61. The molecule has 0 heterocycles. The molecule has 0 saturated heterocycles. The van der Waals surface area contributed by atoms with E-state index in [1.54, 1.807) is 0 Å². The topological polar surface area (TPSA) is 27.7 Å². The van der Waals surface area contributed by atoms with Crippen LogP contribution in [0.25, 0.3) is 6.08 Å². The number of rotatable bonds is 9. The summed E-state index contributed by atoms with van der Waals surface area (Å²) >= 11 is 0. The van der Waals surface area contributed by atoms with Crippen molar-refractivity contribution >= 4 is 15.8 Å². The molecule has 1 rings (SSSR count). The van der Waals surface area contributed by atoms with Crippen molar-refractivity contribution in [3.05, 3.63) is 36.4 Å². The predicted molar refractivity (Wildman–Crippen MR) is 77.6 cm³/mol. The van der Waals surface area contributed by atoms with Crippen LogP contribution in [-0.2, 0) is 9.47 Å². The SMILES string of the molecule is C=Cc1ccc(O[SiH2]CC(OCC)OCC)cc1. The van der Waals surface area contributed by atoms with E-state index in [0.717, 1.165) is 17.4 Å². The molecule has 100 valence electrons. The molecule has 0 aliphatic heterocycles. The Labute approximate surface area is 112 Å². The second-order valence-electron chi connectivity index (χ2n) is 3.75. The minimum atomic E-state index is -0.669. The molecule has 1 aromatic rings. The minimum absolute atomic E-state index is 0.112. The molecule has 0 amide bonds. The zero-order valence-electron chi connectivity index (χ0n) is 11.2. The summed E-state index contributed by atoms with van der Waals surface area (Å²) in [7, 11) is -0.669. The molecular formula is C14H22O3Si. The molecule has 0 radical (unpaired) electrons. The summed E-state index contributed by atoms with van der Waals surface area (Å²) in [5.41, 5.74) is 1.10. The van der Waals surface area contributed by atoms with Crippen molar-refractivity contribution in [2.24, 2.45) is 0 Å². The van der Waals surface area contributed by atoms with Gasteiger partial charge in [-0.05, 0) is 31.5 Å². The van der Waals surface area contributed by atoms with Crippen LogP contribution in [0.15, 0.2) is 30.8 Å². The van der Waals surface area contributed by atoms with E-state index in [0.29, 0.717) is 13.2 Å². The van der Waals surface area contributed by atoms with Crippen molar-refractivity contribution in [2.75, 3.05) is 13.2 Å². The summed E-state index contributed by atoms with van der Waals surface area (Å²) in [6.45, 7) is 9.02. The maximum Gasteiger partial charge on any atom is 0.224 e. The van der Waals surface area contributed by atoms with Gasteiger partial charge in [0.15, 0.2) is 6.29 Å². The van der Waals surface area contributed by atoms with Crippen molar-refractivity contribution in [3.63, 3.8) is 0 Å². The summed E-state index contributed by atoms with van der Waals surface area (Å²) in [4.78, 5) is 0. The molecule has 18 heavy (non-hydrogen) atoms. The molecule has 0 unspecified atom stereocenters. The van der Waals surface area contributed by atoms with Gasteiger partial charge in [0.25, 0.3) is 0 Å². The van der Waals surface area contributed by atoms with Crippen molar-refractivity contribution in [3.8, 4) is 5.75 Å². The van der Waals surface area contributed by atoms with Gasteiger partial charge < -0.3 is 13.9 Å². The van der Waals surface area contributed by atoms with E-state index in [1.165, 1.54) is 0 Å². The van der Waals surface area contributed by atoms with E-state index in [-0.39, 0.29) is 6.29 Å². The van der Waals surface area contributed by atoms with Crippen LogP contribution in [0, 0.1) is 0 Å². The van der Waals surface area contributed by atoms with Gasteiger partial charge in [0.05, 0.1) is 0 Å². The van der Waals surface area contributed by atoms with E-state index in [2.05, 4.69) is 6.58 Å². The molecule has 0 aromatic heterocycles. The molecule has 0 atom stereocenters. The molecule has 0 N–H and O–H groups in total. The van der Waals surface area contributed by atoms with Crippen LogP contribution in [0.3, 0.4) is 0 Å². The van der Waals surface area contributed by atoms with E-state index in [9.17, 15) is 0 Å². The lowest BCUT2D eigenvalue weighted by Crippen LogP contribution is -2.21. The highest BCUT2D eigenvalue weighted by Crippen LogP contribution is 2.13. The average molecular weight is 266 g/mol. The summed E-state index contributed by atoms with van der Waals surface area (Å²) in [6, 6.07) is 8.81. The maximum atomic E-state index is 5.77. The smallest absolute Gasteiger partial charge is 0.224 e. The third-order valence-corrected chi connectivity index (χ3v) is 3.69. The van der Waals surface area contributed by atoms with E-state index in [4.69, 9.17) is 13.9 Å². The molecule has 0 bridgehead atoms. The maximum absolute atomic E-state index is 5.77. The van der Waals surface area contributed by atoms with Gasteiger partial charge in [-0.3, -0.25) is 0 Å². The Morgan fingerprint density at radius 2 is 1.78 bits per heavy atom. The first kappa shape index (κ1) is 15.0. The Balaban J connectivity index is 2.32. The molecular weight excluding hydrogens is 244 g/mol. The lowest BCUT2D eigenvalue weighted by Gasteiger charge is -2.16. The summed E-state index contributed by atoms with van der Waals surface area (Å²) in [6.07, 6.45) is 1.71. The fourth-order valence-electron chi connectivity index (χ4n) is 1.56. The van der Waals surface area contributed by atoms with Gasteiger partial charge in [0.2, 0.25) is 9.76 Å². The van der Waals surface area contributed by atoms with Crippen molar-refractivity contribution < 1.29 is 13.9 Å². The molecule has 0 aliphatic rings. The third kappa shape index (κ3) is 5.49. The highest BCUT2D eigenvalue weighted by atomic mass is 28.2. The Bertz CT molecular complexity index is 331. The first-order valence-corrected chi connectivity index (χ1v) is 7.96. The normalized spacial score (nSPS) is 11.3. The lowest BCUT2D eigenvalue weighted by atomic mass is 10.2. The monoisotopic (exact) mass is 266 g/mol. The van der Waals surface area contributed by atoms with E-state index in [1.807, 2.05) is 44.2 Å². The van der Waals surface area contributed by atoms with Crippen LogP contribution in [0.1, 0.15) is 19.4 Å². The second-order valence-corrected chi connectivity index (χ2v) is 5.02. The van der Waals surface area contributed by atoms with Crippen LogP contribution >= 0.6 is 0 Å². The quantitative estimate of drug-likeness (QED) is 0.508. The summed E-state index contributed by atoms with van der Waals surface area (Å²) in [5, 5.41) is 0. The first-order valence-electron chi connectivity index (χ1n) is 6.38. The minimum Gasteiger partial charge on any atom is -0.549 e. The van der Waals surface area contributed by atoms with Gasteiger partial charge in [-0.25, -0.2) is 0 Å². The number of hydrogen-bond donors (Lipinski definition) is 0. The fourth-order valence-corrected chi connectivity index (χ4v) is 2.63. The molecule has 4 heteroatoms. The van der Waals surface area contributed by atoms with Crippen molar-refractivity contribution in [2.45, 2.75) is 26.2 Å². The Morgan fingerprint density at radius 1 is 1.17 bits per heavy atom. The largest absolute Gasteiger partial charge is 0.549 e. The lowest BCUT2D eigenvalue weighted by molar-refractivity contribution is -0.123. The van der Waals surface area contributed by atoms with E-state index < -0.39 is 9.76 Å². The van der Waals surface area contributed by atoms with Crippen molar-refractivity contribution in [1.29, 1.82) is 0 Å². The number of hydrogen-bond acceptors (Lipinski definition) is 3. The van der Waals surface area contributed by atoms with Gasteiger partial charge in [0.1, 0.15) is 5.75 Å². The standard InChI is InChI=1S/C14H22O3Si/c1-4-12-7-9-13(10-8-12)17-18-11-14(15-5-2)16-6-3/h4,7-10,14H,1,5-6,11,18H2,2-3H3. The Kier molecular flexibility index (Phi) is 7.40. The third-order valence-electron chi connectivity index (χ3n) is 2.44. The van der Waals surface area contributed by atoms with Crippen LogP contribution < -0.4 is 4.43 Å². The van der Waals surface area contributed by atoms with Gasteiger partial charge in [-0.15, -0.1) is 0 Å².